The van der Waals surface area contributed by atoms with Gasteiger partial charge in [0.15, 0.2) is 0 Å². The van der Waals surface area contributed by atoms with E-state index in [0.29, 0.717) is 32.6 Å². The number of hydrogen-bond acceptors (Lipinski definition) is 6. The third-order valence-corrected chi connectivity index (χ3v) is 6.06. The molecule has 0 radical (unpaired) electrons. The molecular weight excluding hydrogens is 450 g/mol. The maximum atomic E-state index is 12.7. The molecule has 0 saturated carbocycles. The highest BCUT2D eigenvalue weighted by atomic mass is 16.6. The zero-order valence-corrected chi connectivity index (χ0v) is 21.4. The predicted molar refractivity (Wildman–Crippen MR) is 131 cm³/mol. The van der Waals surface area contributed by atoms with Gasteiger partial charge in [0.05, 0.1) is 12.5 Å². The molecule has 9 heteroatoms. The van der Waals surface area contributed by atoms with E-state index in [1.165, 1.54) is 0 Å². The lowest BCUT2D eigenvalue weighted by atomic mass is 9.95. The van der Waals surface area contributed by atoms with Crippen LogP contribution in [0.15, 0.2) is 12.2 Å². The summed E-state index contributed by atoms with van der Waals surface area (Å²) >= 11 is 0. The second-order valence-electron chi connectivity index (χ2n) is 10.0. The lowest BCUT2D eigenvalue weighted by Crippen LogP contribution is -2.46. The highest BCUT2D eigenvalue weighted by Gasteiger charge is 2.29. The van der Waals surface area contributed by atoms with E-state index in [1.807, 2.05) is 26.8 Å². The van der Waals surface area contributed by atoms with Gasteiger partial charge in [0.2, 0.25) is 11.8 Å². The molecule has 0 aromatic carbocycles. The fourth-order valence-corrected chi connectivity index (χ4v) is 4.12. The lowest BCUT2D eigenvalue weighted by Gasteiger charge is -2.33. The Labute approximate surface area is 208 Å². The first kappa shape index (κ1) is 28.2. The van der Waals surface area contributed by atoms with Crippen molar-refractivity contribution in [2.24, 2.45) is 17.8 Å². The van der Waals surface area contributed by atoms with E-state index in [4.69, 9.17) is 15.9 Å². The number of nitrogens with one attached hydrogen (secondary N) is 1. The molecule has 2 heterocycles. The van der Waals surface area contributed by atoms with Crippen LogP contribution in [-0.2, 0) is 23.9 Å². The SMILES string of the molecule is C#CC(CNC(=O)[C@H]1CCCN(C(=O)/C=C/C2CCN(C(=O)OC(C)(C)C)CC2)C1)C(=O)OCC. The van der Waals surface area contributed by atoms with Gasteiger partial charge in [0.25, 0.3) is 0 Å². The van der Waals surface area contributed by atoms with Crippen LogP contribution in [0, 0.1) is 30.1 Å². The molecule has 1 unspecified atom stereocenters. The third kappa shape index (κ3) is 9.27. The van der Waals surface area contributed by atoms with E-state index < -0.39 is 17.5 Å². The number of carbonyl (C=O) groups excluding carboxylic acids is 4. The van der Waals surface area contributed by atoms with Crippen molar-refractivity contribution in [2.45, 2.75) is 59.0 Å². The molecule has 1 N–H and O–H groups in total. The maximum absolute atomic E-state index is 12.7. The molecule has 9 nitrogen and oxygen atoms in total. The zero-order valence-electron chi connectivity index (χ0n) is 21.4. The summed E-state index contributed by atoms with van der Waals surface area (Å²) in [5.74, 6) is 0.516. The molecule has 0 aromatic heterocycles. The molecule has 0 spiro atoms. The number of terminal acetylenes is 1. The Morgan fingerprint density at radius 1 is 1.11 bits per heavy atom. The molecule has 2 fully saturated rings. The first-order chi connectivity index (χ1) is 16.5. The van der Waals surface area contributed by atoms with Crippen LogP contribution < -0.4 is 5.32 Å². The monoisotopic (exact) mass is 489 g/mol. The summed E-state index contributed by atoms with van der Waals surface area (Å²) in [6.07, 6.45) is 11.5. The van der Waals surface area contributed by atoms with Gasteiger partial charge in [-0.1, -0.05) is 12.0 Å². The van der Waals surface area contributed by atoms with Crippen LogP contribution in [0.4, 0.5) is 4.79 Å². The highest BCUT2D eigenvalue weighted by Crippen LogP contribution is 2.22. The molecule has 2 atom stereocenters. The van der Waals surface area contributed by atoms with Gasteiger partial charge in [-0.25, -0.2) is 4.79 Å². The molecule has 35 heavy (non-hydrogen) atoms. The first-order valence-corrected chi connectivity index (χ1v) is 12.4. The number of piperidine rings is 2. The Bertz CT molecular complexity index is 833. The topological polar surface area (TPSA) is 105 Å². The van der Waals surface area contributed by atoms with Gasteiger partial charge in [0.1, 0.15) is 11.5 Å². The highest BCUT2D eigenvalue weighted by molar-refractivity contribution is 5.88. The molecule has 194 valence electrons. The van der Waals surface area contributed by atoms with Gasteiger partial charge in [-0.2, -0.15) is 0 Å². The van der Waals surface area contributed by atoms with E-state index in [0.717, 1.165) is 19.3 Å². The normalized spacial score (nSPS) is 20.1. The third-order valence-electron chi connectivity index (χ3n) is 6.06. The van der Waals surface area contributed by atoms with Crippen molar-refractivity contribution in [3.63, 3.8) is 0 Å². The van der Waals surface area contributed by atoms with Crippen molar-refractivity contribution in [1.82, 2.24) is 15.1 Å². The van der Waals surface area contributed by atoms with E-state index in [-0.39, 0.29) is 42.9 Å². The number of nitrogens with zero attached hydrogens (tertiary/aromatic N) is 2. The number of ether oxygens (including phenoxy) is 2. The van der Waals surface area contributed by atoms with Gasteiger partial charge < -0.3 is 24.6 Å². The number of rotatable bonds is 7. The van der Waals surface area contributed by atoms with Crippen molar-refractivity contribution in [3.05, 3.63) is 12.2 Å². The second kappa shape index (κ2) is 13.2. The molecule has 0 aromatic rings. The Morgan fingerprint density at radius 3 is 2.40 bits per heavy atom. The van der Waals surface area contributed by atoms with Crippen molar-refractivity contribution in [3.8, 4) is 12.3 Å². The molecular formula is C26H39N3O6. The molecule has 2 saturated heterocycles. The van der Waals surface area contributed by atoms with Gasteiger partial charge in [-0.3, -0.25) is 14.4 Å². The van der Waals surface area contributed by atoms with E-state index >= 15 is 0 Å². The molecule has 0 aliphatic carbocycles. The van der Waals surface area contributed by atoms with Crippen molar-refractivity contribution < 1.29 is 28.7 Å². The van der Waals surface area contributed by atoms with Crippen LogP contribution in [-0.4, -0.2) is 78.6 Å². The number of allylic oxidation sites excluding steroid dienone is 1. The van der Waals surface area contributed by atoms with Crippen LogP contribution in [0.3, 0.4) is 0 Å². The number of amides is 3. The van der Waals surface area contributed by atoms with Gasteiger partial charge in [-0.15, -0.1) is 6.42 Å². The number of esters is 1. The predicted octanol–water partition coefficient (Wildman–Crippen LogP) is 2.36. The van der Waals surface area contributed by atoms with E-state index in [1.54, 1.807) is 22.8 Å². The molecule has 0 bridgehead atoms. The Balaban J connectivity index is 1.79. The fraction of sp³-hybridized carbons (Fsp3) is 0.692. The van der Waals surface area contributed by atoms with E-state index in [9.17, 15) is 19.2 Å². The standard InChI is InChI=1S/C26H39N3O6/c1-6-20(24(32)34-7-2)17-27-23(31)21-9-8-14-29(18-21)22(30)11-10-19-12-15-28(16-13-19)25(33)35-26(3,4)5/h1,10-11,19-21H,7-9,12-18H2,2-5H3,(H,27,31)/b11-10+/t20?,21-/m0/s1. The molecule has 2 rings (SSSR count). The first-order valence-electron chi connectivity index (χ1n) is 12.4. The average molecular weight is 490 g/mol. The van der Waals surface area contributed by atoms with Crippen molar-refractivity contribution >= 4 is 23.9 Å². The van der Waals surface area contributed by atoms with Gasteiger partial charge >= 0.3 is 12.1 Å². The minimum Gasteiger partial charge on any atom is -0.465 e. The number of likely N-dealkylation sites (tertiary alicyclic amines) is 2. The smallest absolute Gasteiger partial charge is 0.410 e. The minimum atomic E-state index is -0.829. The van der Waals surface area contributed by atoms with Crippen LogP contribution in [0.2, 0.25) is 0 Å². The summed E-state index contributed by atoms with van der Waals surface area (Å²) in [7, 11) is 0. The van der Waals surface area contributed by atoms with Crippen LogP contribution in [0.1, 0.15) is 53.4 Å². The number of carbonyl (C=O) groups is 4. The Hall–Kier alpha value is -3.02. The summed E-state index contributed by atoms with van der Waals surface area (Å²) in [5, 5.41) is 2.73. The van der Waals surface area contributed by atoms with Crippen LogP contribution in [0.5, 0.6) is 0 Å². The van der Waals surface area contributed by atoms with Gasteiger partial charge in [0, 0.05) is 32.7 Å². The fourth-order valence-electron chi connectivity index (χ4n) is 4.12. The maximum Gasteiger partial charge on any atom is 0.410 e. The lowest BCUT2D eigenvalue weighted by molar-refractivity contribution is -0.145. The molecule has 2 aliphatic rings. The van der Waals surface area contributed by atoms with Crippen molar-refractivity contribution in [2.75, 3.05) is 39.3 Å². The largest absolute Gasteiger partial charge is 0.465 e. The van der Waals surface area contributed by atoms with Crippen molar-refractivity contribution in [1.29, 1.82) is 0 Å². The summed E-state index contributed by atoms with van der Waals surface area (Å²) in [6, 6.07) is 0. The van der Waals surface area contributed by atoms with Crippen LogP contribution >= 0.6 is 0 Å². The number of hydrogen-bond donors (Lipinski definition) is 1. The summed E-state index contributed by atoms with van der Waals surface area (Å²) < 4.78 is 10.3. The van der Waals surface area contributed by atoms with E-state index in [2.05, 4.69) is 11.2 Å². The quantitative estimate of drug-likeness (QED) is 0.334. The Morgan fingerprint density at radius 2 is 1.80 bits per heavy atom. The minimum absolute atomic E-state index is 0.0144. The molecule has 2 aliphatic heterocycles. The summed E-state index contributed by atoms with van der Waals surface area (Å²) in [5.41, 5.74) is -0.520. The zero-order chi connectivity index (χ0) is 26.0. The second-order valence-corrected chi connectivity index (χ2v) is 10.0. The van der Waals surface area contributed by atoms with Crippen LogP contribution in [0.25, 0.3) is 0 Å². The van der Waals surface area contributed by atoms with Gasteiger partial charge in [-0.05, 0) is 65.4 Å². The molecule has 3 amide bonds. The Kier molecular flexibility index (Phi) is 10.6. The average Bonchev–Trinajstić information content (AvgIpc) is 2.82. The summed E-state index contributed by atoms with van der Waals surface area (Å²) in [4.78, 5) is 52.8. The summed E-state index contributed by atoms with van der Waals surface area (Å²) in [6.45, 7) is 9.57.